The highest BCUT2D eigenvalue weighted by atomic mass is 19.4. The summed E-state index contributed by atoms with van der Waals surface area (Å²) in [6, 6.07) is 11.8. The second-order valence-corrected chi connectivity index (χ2v) is 13.3. The molecule has 0 saturated carbocycles. The summed E-state index contributed by atoms with van der Waals surface area (Å²) in [6.07, 6.45) is -5.33. The van der Waals surface area contributed by atoms with Crippen molar-refractivity contribution in [1.82, 2.24) is 9.80 Å². The quantitative estimate of drug-likeness (QED) is 0.292. The van der Waals surface area contributed by atoms with E-state index in [4.69, 9.17) is 4.74 Å². The summed E-state index contributed by atoms with van der Waals surface area (Å²) >= 11 is 0. The molecular formula is C35H40F5N5O3. The van der Waals surface area contributed by atoms with Gasteiger partial charge in [-0.05, 0) is 82.8 Å². The summed E-state index contributed by atoms with van der Waals surface area (Å²) in [5, 5.41) is 2.58. The maximum Gasteiger partial charge on any atom is 0.417 e. The van der Waals surface area contributed by atoms with E-state index in [1.807, 2.05) is 51.8 Å². The number of nitrogens with zero attached hydrogens (tertiary/aromatic N) is 4. The largest absolute Gasteiger partial charge is 0.444 e. The van der Waals surface area contributed by atoms with E-state index in [9.17, 15) is 27.2 Å². The van der Waals surface area contributed by atoms with Gasteiger partial charge in [0.15, 0.2) is 0 Å². The molecule has 258 valence electrons. The molecule has 0 bridgehead atoms. The third-order valence-corrected chi connectivity index (χ3v) is 8.64. The molecule has 2 amide bonds. The van der Waals surface area contributed by atoms with Gasteiger partial charge in [0.25, 0.3) is 5.91 Å². The Kier molecular flexibility index (Phi) is 9.91. The molecule has 1 atom stereocenters. The van der Waals surface area contributed by atoms with E-state index >= 15 is 4.39 Å². The molecule has 2 heterocycles. The number of nitrogens with one attached hydrogen (secondary N) is 1. The molecule has 2 aliphatic rings. The summed E-state index contributed by atoms with van der Waals surface area (Å²) in [5.74, 6) is -2.78. The first-order valence-corrected chi connectivity index (χ1v) is 15.8. The molecule has 1 N–H and O–H groups in total. The maximum atomic E-state index is 15.9. The Morgan fingerprint density at radius 1 is 0.854 bits per heavy atom. The molecule has 8 nitrogen and oxygen atoms in total. The van der Waals surface area contributed by atoms with Gasteiger partial charge in [0.2, 0.25) is 0 Å². The van der Waals surface area contributed by atoms with E-state index in [2.05, 4.69) is 15.1 Å². The number of carbonyl (C=O) groups excluding carboxylic acids is 2. The molecule has 0 unspecified atom stereocenters. The number of amides is 2. The van der Waals surface area contributed by atoms with Crippen LogP contribution in [0.3, 0.4) is 0 Å². The molecule has 2 fully saturated rings. The standard InChI is InChI=1S/C35H40F5N5O3/c1-22-21-45(13-12-42(22)5)31-20-29(37)27(19-30(31)41-32(46)26-11-8-24(36)18-28(26)35(38,39)40)23-6-9-25(10-7-23)43-14-16-44(17-15-43)33(47)48-34(2,3)4/h6-11,18-20,22H,12-17,21H2,1-5H3,(H,41,46)/t22-/m0/s1. The number of rotatable bonds is 5. The Labute approximate surface area is 277 Å². The summed E-state index contributed by atoms with van der Waals surface area (Å²) < 4.78 is 76.4. The van der Waals surface area contributed by atoms with Crippen LogP contribution in [0.5, 0.6) is 0 Å². The van der Waals surface area contributed by atoms with Gasteiger partial charge in [0.05, 0.1) is 22.5 Å². The van der Waals surface area contributed by atoms with Crippen molar-refractivity contribution in [3.63, 3.8) is 0 Å². The zero-order valence-electron chi connectivity index (χ0n) is 27.6. The number of carbonyl (C=O) groups is 2. The van der Waals surface area contributed by atoms with Gasteiger partial charge in [-0.2, -0.15) is 13.2 Å². The van der Waals surface area contributed by atoms with Crippen LogP contribution in [0, 0.1) is 11.6 Å². The van der Waals surface area contributed by atoms with E-state index in [0.29, 0.717) is 57.1 Å². The van der Waals surface area contributed by atoms with Crippen LogP contribution in [0.2, 0.25) is 0 Å². The van der Waals surface area contributed by atoms with Crippen molar-refractivity contribution in [2.45, 2.75) is 45.5 Å². The van der Waals surface area contributed by atoms with Crippen LogP contribution in [-0.4, -0.2) is 86.3 Å². The van der Waals surface area contributed by atoms with Crippen molar-refractivity contribution in [3.05, 3.63) is 77.4 Å². The lowest BCUT2D eigenvalue weighted by Crippen LogP contribution is -2.50. The van der Waals surface area contributed by atoms with Gasteiger partial charge in [-0.15, -0.1) is 0 Å². The number of anilines is 3. The third-order valence-electron chi connectivity index (χ3n) is 8.64. The van der Waals surface area contributed by atoms with Crippen molar-refractivity contribution in [2.75, 3.05) is 68.0 Å². The monoisotopic (exact) mass is 673 g/mol. The normalized spacial score (nSPS) is 17.8. The fraction of sp³-hybridized carbons (Fsp3) is 0.429. The minimum absolute atomic E-state index is 0.0949. The molecular weight excluding hydrogens is 633 g/mol. The van der Waals surface area contributed by atoms with Crippen molar-refractivity contribution in [2.24, 2.45) is 0 Å². The second kappa shape index (κ2) is 13.6. The first-order valence-electron chi connectivity index (χ1n) is 15.8. The zero-order chi connectivity index (χ0) is 35.0. The van der Waals surface area contributed by atoms with Gasteiger partial charge in [-0.1, -0.05) is 12.1 Å². The van der Waals surface area contributed by atoms with Crippen LogP contribution >= 0.6 is 0 Å². The Morgan fingerprint density at radius 2 is 1.50 bits per heavy atom. The van der Waals surface area contributed by atoms with Crippen LogP contribution < -0.4 is 15.1 Å². The fourth-order valence-corrected chi connectivity index (χ4v) is 5.88. The van der Waals surface area contributed by atoms with Crippen molar-refractivity contribution in [1.29, 1.82) is 0 Å². The number of likely N-dealkylation sites (N-methyl/N-ethyl adjacent to an activating group) is 1. The molecule has 3 aromatic rings. The second-order valence-electron chi connectivity index (χ2n) is 13.3. The van der Waals surface area contributed by atoms with Gasteiger partial charge < -0.3 is 29.7 Å². The van der Waals surface area contributed by atoms with Crippen LogP contribution in [-0.2, 0) is 10.9 Å². The summed E-state index contributed by atoms with van der Waals surface area (Å²) in [6.45, 7) is 11.2. The molecule has 5 rings (SSSR count). The number of hydrogen-bond acceptors (Lipinski definition) is 6. The molecule has 3 aromatic carbocycles. The summed E-state index contributed by atoms with van der Waals surface area (Å²) in [4.78, 5) is 33.6. The van der Waals surface area contributed by atoms with Crippen LogP contribution in [0.4, 0.5) is 43.8 Å². The smallest absolute Gasteiger partial charge is 0.417 e. The van der Waals surface area contributed by atoms with E-state index in [-0.39, 0.29) is 29.5 Å². The lowest BCUT2D eigenvalue weighted by atomic mass is 10.0. The number of ether oxygens (including phenoxy) is 1. The van der Waals surface area contributed by atoms with Crippen LogP contribution in [0.1, 0.15) is 43.6 Å². The summed E-state index contributed by atoms with van der Waals surface area (Å²) in [7, 11) is 1.96. The van der Waals surface area contributed by atoms with E-state index in [1.54, 1.807) is 17.0 Å². The highest BCUT2D eigenvalue weighted by Crippen LogP contribution is 2.38. The highest BCUT2D eigenvalue weighted by Gasteiger charge is 2.36. The topological polar surface area (TPSA) is 68.4 Å². The molecule has 2 aliphatic heterocycles. The number of hydrogen-bond donors (Lipinski definition) is 1. The lowest BCUT2D eigenvalue weighted by Gasteiger charge is -2.39. The SMILES string of the molecule is C[C@H]1CN(c2cc(F)c(-c3ccc(N4CCN(C(=O)OC(C)(C)C)CC4)cc3)cc2NC(=O)c2ccc(F)cc2C(F)(F)F)CCN1C. The first-order chi connectivity index (χ1) is 22.5. The first kappa shape index (κ1) is 34.9. The average molecular weight is 674 g/mol. The Morgan fingerprint density at radius 3 is 2.10 bits per heavy atom. The molecule has 0 spiro atoms. The van der Waals surface area contributed by atoms with Gasteiger partial charge in [0, 0.05) is 63.1 Å². The van der Waals surface area contributed by atoms with Crippen molar-refractivity contribution in [3.8, 4) is 11.1 Å². The predicted octanol–water partition coefficient (Wildman–Crippen LogP) is 7.10. The molecule has 2 saturated heterocycles. The average Bonchev–Trinajstić information content (AvgIpc) is 3.02. The number of benzene rings is 3. The van der Waals surface area contributed by atoms with Crippen molar-refractivity contribution >= 4 is 29.1 Å². The van der Waals surface area contributed by atoms with Crippen molar-refractivity contribution < 1.29 is 36.3 Å². The Hall–Kier alpha value is -4.39. The maximum absolute atomic E-state index is 15.9. The molecule has 48 heavy (non-hydrogen) atoms. The Balaban J connectivity index is 1.42. The fourth-order valence-electron chi connectivity index (χ4n) is 5.88. The number of halogens is 5. The van der Waals surface area contributed by atoms with Gasteiger partial charge in [-0.25, -0.2) is 13.6 Å². The lowest BCUT2D eigenvalue weighted by molar-refractivity contribution is -0.138. The number of piperazine rings is 2. The minimum atomic E-state index is -4.97. The molecule has 0 aromatic heterocycles. The van der Waals surface area contributed by atoms with Gasteiger partial charge in [0.1, 0.15) is 17.2 Å². The molecule has 0 radical (unpaired) electrons. The molecule has 13 heteroatoms. The van der Waals surface area contributed by atoms with E-state index < -0.39 is 40.4 Å². The van der Waals surface area contributed by atoms with E-state index in [0.717, 1.165) is 17.8 Å². The number of alkyl halides is 3. The molecule has 0 aliphatic carbocycles. The minimum Gasteiger partial charge on any atom is -0.444 e. The Bertz CT molecular complexity index is 1650. The van der Waals surface area contributed by atoms with Crippen LogP contribution in [0.25, 0.3) is 11.1 Å². The zero-order valence-corrected chi connectivity index (χ0v) is 27.6. The third kappa shape index (κ3) is 8.00. The van der Waals surface area contributed by atoms with Gasteiger partial charge in [-0.3, -0.25) is 4.79 Å². The summed E-state index contributed by atoms with van der Waals surface area (Å²) in [5.41, 5.74) is -0.759. The highest BCUT2D eigenvalue weighted by molar-refractivity contribution is 6.07. The van der Waals surface area contributed by atoms with Crippen LogP contribution in [0.15, 0.2) is 54.6 Å². The van der Waals surface area contributed by atoms with E-state index in [1.165, 1.54) is 12.1 Å². The predicted molar refractivity (Wildman–Crippen MR) is 176 cm³/mol. The van der Waals surface area contributed by atoms with Gasteiger partial charge >= 0.3 is 12.3 Å².